The zero-order valence-electron chi connectivity index (χ0n) is 14.7. The Balaban J connectivity index is 1.78. The lowest BCUT2D eigenvalue weighted by molar-refractivity contribution is 0.523. The Morgan fingerprint density at radius 3 is 2.07 bits per heavy atom. The van der Waals surface area contributed by atoms with E-state index >= 15 is 0 Å². The molecule has 2 aliphatic rings. The van der Waals surface area contributed by atoms with E-state index in [9.17, 15) is 8.42 Å². The molecule has 1 heterocycles. The van der Waals surface area contributed by atoms with Gasteiger partial charge in [0.1, 0.15) is 0 Å². The van der Waals surface area contributed by atoms with Crippen molar-refractivity contribution in [1.82, 2.24) is 4.98 Å². The van der Waals surface area contributed by atoms with Crippen LogP contribution in [0.1, 0.15) is 42.4 Å². The monoisotopic (exact) mass is 377 g/mol. The van der Waals surface area contributed by atoms with Crippen molar-refractivity contribution in [2.45, 2.75) is 30.7 Å². The van der Waals surface area contributed by atoms with Gasteiger partial charge in [0, 0.05) is 17.2 Å². The molecule has 0 atom stereocenters. The van der Waals surface area contributed by atoms with Crippen LogP contribution in [-0.2, 0) is 10.0 Å². The average Bonchev–Trinajstić information content (AvgIpc) is 3.28. The zero-order valence-corrected chi connectivity index (χ0v) is 15.5. The molecule has 1 saturated carbocycles. The highest BCUT2D eigenvalue weighted by Crippen LogP contribution is 2.51. The number of nitriles is 1. The van der Waals surface area contributed by atoms with Crippen molar-refractivity contribution in [3.05, 3.63) is 71.4 Å². The Labute approximate surface area is 158 Å². The first-order valence-corrected chi connectivity index (χ1v) is 10.4. The van der Waals surface area contributed by atoms with E-state index < -0.39 is 10.0 Å². The molecule has 27 heavy (non-hydrogen) atoms. The second-order valence-corrected chi connectivity index (χ2v) is 8.68. The summed E-state index contributed by atoms with van der Waals surface area (Å²) in [6, 6.07) is 12.9. The molecule has 2 aliphatic carbocycles. The maximum atomic E-state index is 11.5. The van der Waals surface area contributed by atoms with Crippen molar-refractivity contribution in [3.63, 3.8) is 0 Å². The zero-order chi connectivity index (χ0) is 19.1. The van der Waals surface area contributed by atoms with Crippen LogP contribution < -0.4 is 5.14 Å². The van der Waals surface area contributed by atoms with Crippen molar-refractivity contribution in [3.8, 4) is 6.07 Å². The molecule has 136 valence electrons. The third-order valence-electron chi connectivity index (χ3n) is 5.35. The van der Waals surface area contributed by atoms with E-state index in [2.05, 4.69) is 23.2 Å². The Morgan fingerprint density at radius 1 is 0.963 bits per heavy atom. The predicted octanol–water partition coefficient (Wildman–Crippen LogP) is 3.64. The van der Waals surface area contributed by atoms with E-state index in [4.69, 9.17) is 10.4 Å². The molecule has 1 aromatic heterocycles. The summed E-state index contributed by atoms with van der Waals surface area (Å²) in [4.78, 5) is 4.04. The topological polar surface area (TPSA) is 96.8 Å². The third-order valence-corrected chi connectivity index (χ3v) is 6.18. The van der Waals surface area contributed by atoms with E-state index in [1.165, 1.54) is 18.9 Å². The Kier molecular flexibility index (Phi) is 4.22. The molecule has 0 aliphatic heterocycles. The molecule has 5 nitrogen and oxygen atoms in total. The summed E-state index contributed by atoms with van der Waals surface area (Å²) < 4.78 is 23.0. The smallest absolute Gasteiger partial charge is 0.243 e. The summed E-state index contributed by atoms with van der Waals surface area (Å²) >= 11 is 0. The highest BCUT2D eigenvalue weighted by Gasteiger charge is 2.36. The summed E-state index contributed by atoms with van der Waals surface area (Å²) in [6.45, 7) is 0. The number of allylic oxidation sites excluding steroid dienone is 4. The average molecular weight is 377 g/mol. The molecule has 0 unspecified atom stereocenters. The predicted molar refractivity (Wildman–Crippen MR) is 104 cm³/mol. The highest BCUT2D eigenvalue weighted by molar-refractivity contribution is 7.89. The number of hydrogen-bond donors (Lipinski definition) is 1. The maximum absolute atomic E-state index is 11.5. The first-order valence-electron chi connectivity index (χ1n) is 8.86. The Hall–Kier alpha value is -2.75. The quantitative estimate of drug-likeness (QED) is 0.883. The molecule has 1 aromatic carbocycles. The van der Waals surface area contributed by atoms with Gasteiger partial charge in [-0.05, 0) is 53.8 Å². The van der Waals surface area contributed by atoms with Crippen LogP contribution >= 0.6 is 0 Å². The van der Waals surface area contributed by atoms with Crippen LogP contribution in [0.2, 0.25) is 0 Å². The van der Waals surface area contributed by atoms with Gasteiger partial charge in [0.15, 0.2) is 5.03 Å². The molecule has 0 amide bonds. The molecule has 0 radical (unpaired) electrons. The lowest BCUT2D eigenvalue weighted by Gasteiger charge is -2.16. The number of sulfonamides is 1. The summed E-state index contributed by atoms with van der Waals surface area (Å²) in [5.41, 5.74) is 4.73. The van der Waals surface area contributed by atoms with E-state index in [0.29, 0.717) is 5.56 Å². The number of primary sulfonamides is 1. The van der Waals surface area contributed by atoms with E-state index in [0.717, 1.165) is 35.1 Å². The second-order valence-electron chi connectivity index (χ2n) is 7.18. The first-order chi connectivity index (χ1) is 12.9. The fourth-order valence-electron chi connectivity index (χ4n) is 4.00. The fourth-order valence-corrected chi connectivity index (χ4v) is 4.46. The van der Waals surface area contributed by atoms with Crippen LogP contribution in [0.3, 0.4) is 0 Å². The van der Waals surface area contributed by atoms with Crippen molar-refractivity contribution < 1.29 is 8.42 Å². The van der Waals surface area contributed by atoms with Gasteiger partial charge >= 0.3 is 0 Å². The number of aromatic nitrogens is 1. The molecular weight excluding hydrogens is 358 g/mol. The van der Waals surface area contributed by atoms with Crippen LogP contribution in [0.5, 0.6) is 0 Å². The van der Waals surface area contributed by atoms with Crippen LogP contribution in [0.25, 0.3) is 11.1 Å². The van der Waals surface area contributed by atoms with Gasteiger partial charge in [0.05, 0.1) is 11.6 Å². The normalized spacial score (nSPS) is 18.2. The van der Waals surface area contributed by atoms with Crippen molar-refractivity contribution >= 4 is 21.2 Å². The van der Waals surface area contributed by atoms with E-state index in [-0.39, 0.29) is 10.4 Å². The second kappa shape index (κ2) is 6.45. The van der Waals surface area contributed by atoms with Gasteiger partial charge in [-0.1, -0.05) is 37.1 Å². The molecule has 0 bridgehead atoms. The molecule has 2 N–H and O–H groups in total. The van der Waals surface area contributed by atoms with Crippen LogP contribution in [0.15, 0.2) is 59.8 Å². The number of nitrogens with zero attached hydrogens (tertiary/aromatic N) is 2. The molecule has 0 saturated heterocycles. The SMILES string of the molecule is N#Cc1ccc(C2=CC3(C=C2c2ccc(S(N)(=O)=O)nc2)CCCC3)cc1. The fraction of sp³-hybridized carbons (Fsp3) is 0.238. The maximum Gasteiger partial charge on any atom is 0.255 e. The number of benzene rings is 1. The van der Waals surface area contributed by atoms with Crippen LogP contribution in [0.4, 0.5) is 0 Å². The van der Waals surface area contributed by atoms with E-state index in [1.807, 2.05) is 24.3 Å². The molecule has 2 aromatic rings. The summed E-state index contributed by atoms with van der Waals surface area (Å²) in [5.74, 6) is 0. The van der Waals surface area contributed by atoms with Crippen LogP contribution in [0, 0.1) is 16.7 Å². The largest absolute Gasteiger partial charge is 0.255 e. The van der Waals surface area contributed by atoms with Gasteiger partial charge in [0.2, 0.25) is 0 Å². The summed E-state index contributed by atoms with van der Waals surface area (Å²) in [7, 11) is -3.81. The molecule has 1 fully saturated rings. The van der Waals surface area contributed by atoms with Crippen molar-refractivity contribution in [2.24, 2.45) is 10.6 Å². The molecule has 4 rings (SSSR count). The minimum Gasteiger partial charge on any atom is -0.243 e. The van der Waals surface area contributed by atoms with Gasteiger partial charge in [0.25, 0.3) is 10.0 Å². The Morgan fingerprint density at radius 2 is 1.56 bits per heavy atom. The first kappa shape index (κ1) is 17.7. The van der Waals surface area contributed by atoms with Crippen molar-refractivity contribution in [1.29, 1.82) is 5.26 Å². The van der Waals surface area contributed by atoms with Gasteiger partial charge < -0.3 is 0 Å². The number of rotatable bonds is 3. The van der Waals surface area contributed by atoms with Crippen LogP contribution in [-0.4, -0.2) is 13.4 Å². The molecule has 1 spiro atoms. The van der Waals surface area contributed by atoms with Gasteiger partial charge in [-0.15, -0.1) is 0 Å². The number of nitrogens with two attached hydrogens (primary N) is 1. The lowest BCUT2D eigenvalue weighted by atomic mass is 9.88. The Bertz CT molecular complexity index is 1080. The minimum atomic E-state index is -3.81. The summed E-state index contributed by atoms with van der Waals surface area (Å²) in [6.07, 6.45) is 10.8. The van der Waals surface area contributed by atoms with Gasteiger partial charge in [-0.2, -0.15) is 5.26 Å². The molecular formula is C21H19N3O2S. The van der Waals surface area contributed by atoms with E-state index in [1.54, 1.807) is 12.3 Å². The third kappa shape index (κ3) is 3.32. The number of pyridine rings is 1. The standard InChI is InChI=1S/C21H19N3O2S/c22-13-15-3-5-16(6-4-15)18-11-21(9-1-2-10-21)12-19(18)17-7-8-20(24-14-17)27(23,25)26/h3-8,11-12,14H,1-2,9-10H2,(H2,23,25,26). The van der Waals surface area contributed by atoms with Gasteiger partial charge in [-0.3, -0.25) is 0 Å². The highest BCUT2D eigenvalue weighted by atomic mass is 32.2. The lowest BCUT2D eigenvalue weighted by Crippen LogP contribution is -2.13. The summed E-state index contributed by atoms with van der Waals surface area (Å²) in [5, 5.41) is 14.1. The molecule has 6 heteroatoms. The number of hydrogen-bond acceptors (Lipinski definition) is 4. The minimum absolute atomic E-state index is 0.0528. The van der Waals surface area contributed by atoms with Crippen molar-refractivity contribution in [2.75, 3.05) is 0 Å². The van der Waals surface area contributed by atoms with Gasteiger partial charge in [-0.25, -0.2) is 18.5 Å².